The van der Waals surface area contributed by atoms with E-state index in [4.69, 9.17) is 0 Å². The van der Waals surface area contributed by atoms with Gasteiger partial charge >= 0.3 is 0 Å². The van der Waals surface area contributed by atoms with Gasteiger partial charge in [0.05, 0.1) is 4.90 Å². The van der Waals surface area contributed by atoms with E-state index in [-0.39, 0.29) is 0 Å². The maximum Gasteiger partial charge on any atom is 0.243 e. The molecule has 4 rings (SSSR count). The molecule has 0 bridgehead atoms. The Morgan fingerprint density at radius 2 is 1.68 bits per heavy atom. The van der Waals surface area contributed by atoms with Gasteiger partial charge in [0, 0.05) is 49.3 Å². The summed E-state index contributed by atoms with van der Waals surface area (Å²) < 4.78 is 27.8. The number of para-hydroxylation sites is 1. The Hall–Kier alpha value is -2.15. The lowest BCUT2D eigenvalue weighted by atomic mass is 10.1. The molecule has 1 fully saturated rings. The van der Waals surface area contributed by atoms with Gasteiger partial charge < -0.3 is 4.98 Å². The first-order valence-electron chi connectivity index (χ1n) is 9.72. The third-order valence-electron chi connectivity index (χ3n) is 5.69. The van der Waals surface area contributed by atoms with Gasteiger partial charge in [0.25, 0.3) is 0 Å². The van der Waals surface area contributed by atoms with E-state index >= 15 is 0 Å². The van der Waals surface area contributed by atoms with Crippen LogP contribution in [0.5, 0.6) is 0 Å². The number of rotatable bonds is 4. The smallest absolute Gasteiger partial charge is 0.243 e. The van der Waals surface area contributed by atoms with E-state index in [1.54, 1.807) is 10.4 Å². The number of nitrogens with zero attached hydrogens (tertiary/aromatic N) is 2. The quantitative estimate of drug-likeness (QED) is 0.732. The van der Waals surface area contributed by atoms with E-state index in [2.05, 4.69) is 35.0 Å². The summed E-state index contributed by atoms with van der Waals surface area (Å²) in [4.78, 5) is 6.22. The number of fused-ring (bicyclic) bond motifs is 1. The van der Waals surface area contributed by atoms with Crippen LogP contribution in [-0.2, 0) is 16.6 Å². The Bertz CT molecular complexity index is 1110. The van der Waals surface area contributed by atoms with Crippen molar-refractivity contribution in [3.05, 3.63) is 64.8 Å². The molecule has 0 saturated carbocycles. The van der Waals surface area contributed by atoms with Crippen LogP contribution in [0.1, 0.15) is 22.4 Å². The number of benzene rings is 2. The normalized spacial score (nSPS) is 16.7. The molecule has 148 valence electrons. The molecule has 1 saturated heterocycles. The van der Waals surface area contributed by atoms with Gasteiger partial charge in [-0.25, -0.2) is 8.42 Å². The van der Waals surface area contributed by atoms with Crippen molar-refractivity contribution >= 4 is 20.9 Å². The van der Waals surface area contributed by atoms with E-state index in [1.165, 1.54) is 16.6 Å². The van der Waals surface area contributed by atoms with Gasteiger partial charge in [-0.2, -0.15) is 4.31 Å². The van der Waals surface area contributed by atoms with E-state index in [1.807, 2.05) is 32.0 Å². The summed E-state index contributed by atoms with van der Waals surface area (Å²) in [7, 11) is -3.44. The van der Waals surface area contributed by atoms with E-state index in [0.29, 0.717) is 18.0 Å². The predicted molar refractivity (Wildman–Crippen MR) is 113 cm³/mol. The lowest BCUT2D eigenvalue weighted by Gasteiger charge is -2.34. The van der Waals surface area contributed by atoms with Crippen molar-refractivity contribution in [1.82, 2.24) is 14.2 Å². The van der Waals surface area contributed by atoms with Crippen molar-refractivity contribution in [1.29, 1.82) is 0 Å². The Labute approximate surface area is 167 Å². The number of aromatic amines is 1. The SMILES string of the molecule is Cc1ccc(S(=O)(=O)N2CCN(Cc3c(C)[nH]c4ccccc34)CC2)c(C)c1. The second-order valence-corrected chi connectivity index (χ2v) is 9.63. The predicted octanol–water partition coefficient (Wildman–Crippen LogP) is 3.60. The first kappa shape index (κ1) is 19.2. The molecule has 1 aromatic heterocycles. The molecule has 6 heteroatoms. The Morgan fingerprint density at radius 1 is 0.964 bits per heavy atom. The molecule has 0 aliphatic carbocycles. The molecule has 0 radical (unpaired) electrons. The zero-order valence-corrected chi connectivity index (χ0v) is 17.5. The highest BCUT2D eigenvalue weighted by Crippen LogP contribution is 2.25. The molecule has 2 heterocycles. The zero-order chi connectivity index (χ0) is 19.9. The second kappa shape index (κ2) is 7.35. The number of piperazine rings is 1. The minimum Gasteiger partial charge on any atom is -0.358 e. The third-order valence-corrected chi connectivity index (χ3v) is 7.75. The Kier molecular flexibility index (Phi) is 5.04. The summed E-state index contributed by atoms with van der Waals surface area (Å²) in [6.45, 7) is 9.33. The Morgan fingerprint density at radius 3 is 2.39 bits per heavy atom. The number of aryl methyl sites for hydroxylation is 3. The number of H-pyrrole nitrogens is 1. The molecular formula is C22H27N3O2S. The largest absolute Gasteiger partial charge is 0.358 e. The monoisotopic (exact) mass is 397 g/mol. The average Bonchev–Trinajstić information content (AvgIpc) is 2.97. The van der Waals surface area contributed by atoms with Crippen LogP contribution < -0.4 is 0 Å². The maximum atomic E-state index is 13.1. The number of aromatic nitrogens is 1. The molecule has 0 amide bonds. The van der Waals surface area contributed by atoms with Crippen LogP contribution in [0, 0.1) is 20.8 Å². The molecule has 1 N–H and O–H groups in total. The van der Waals surface area contributed by atoms with Crippen LogP contribution >= 0.6 is 0 Å². The summed E-state index contributed by atoms with van der Waals surface area (Å²) in [6.07, 6.45) is 0. The number of hydrogen-bond donors (Lipinski definition) is 1. The van der Waals surface area contributed by atoms with Crippen LogP contribution in [0.15, 0.2) is 47.4 Å². The van der Waals surface area contributed by atoms with Crippen LogP contribution in [0.4, 0.5) is 0 Å². The van der Waals surface area contributed by atoms with Crippen molar-refractivity contribution in [3.63, 3.8) is 0 Å². The molecule has 0 atom stereocenters. The molecule has 1 aliphatic heterocycles. The number of hydrogen-bond acceptors (Lipinski definition) is 3. The minimum absolute atomic E-state index is 0.430. The molecule has 0 spiro atoms. The minimum atomic E-state index is -3.44. The fourth-order valence-corrected chi connectivity index (χ4v) is 5.75. The van der Waals surface area contributed by atoms with Crippen molar-refractivity contribution in [2.24, 2.45) is 0 Å². The first-order chi connectivity index (χ1) is 13.4. The molecular weight excluding hydrogens is 370 g/mol. The van der Waals surface area contributed by atoms with E-state index in [0.717, 1.165) is 36.3 Å². The number of nitrogens with one attached hydrogen (secondary N) is 1. The second-order valence-electron chi connectivity index (χ2n) is 7.72. The van der Waals surface area contributed by atoms with Crippen LogP contribution in [0.3, 0.4) is 0 Å². The van der Waals surface area contributed by atoms with Gasteiger partial charge in [-0.15, -0.1) is 0 Å². The van der Waals surface area contributed by atoms with Gasteiger partial charge in [-0.3, -0.25) is 4.90 Å². The van der Waals surface area contributed by atoms with Gasteiger partial charge in [0.15, 0.2) is 0 Å². The lowest BCUT2D eigenvalue weighted by Crippen LogP contribution is -2.48. The van der Waals surface area contributed by atoms with Crippen molar-refractivity contribution in [3.8, 4) is 0 Å². The van der Waals surface area contributed by atoms with Crippen molar-refractivity contribution < 1.29 is 8.42 Å². The molecule has 0 unspecified atom stereocenters. The highest BCUT2D eigenvalue weighted by atomic mass is 32.2. The highest BCUT2D eigenvalue weighted by Gasteiger charge is 2.29. The van der Waals surface area contributed by atoms with Gasteiger partial charge in [0.1, 0.15) is 0 Å². The Balaban J connectivity index is 1.48. The molecule has 3 aromatic rings. The first-order valence-corrected chi connectivity index (χ1v) is 11.2. The lowest BCUT2D eigenvalue weighted by molar-refractivity contribution is 0.182. The van der Waals surface area contributed by atoms with Gasteiger partial charge in [0.2, 0.25) is 10.0 Å². The summed E-state index contributed by atoms with van der Waals surface area (Å²) in [5.74, 6) is 0. The maximum absolute atomic E-state index is 13.1. The topological polar surface area (TPSA) is 56.4 Å². The fraction of sp³-hybridized carbons (Fsp3) is 0.364. The van der Waals surface area contributed by atoms with Gasteiger partial charge in [-0.1, -0.05) is 35.9 Å². The van der Waals surface area contributed by atoms with Gasteiger partial charge in [-0.05, 0) is 44.0 Å². The summed E-state index contributed by atoms with van der Waals surface area (Å²) in [5.41, 5.74) is 5.55. The average molecular weight is 398 g/mol. The summed E-state index contributed by atoms with van der Waals surface area (Å²) >= 11 is 0. The third kappa shape index (κ3) is 3.48. The summed E-state index contributed by atoms with van der Waals surface area (Å²) in [5, 5.41) is 1.25. The van der Waals surface area contributed by atoms with E-state index < -0.39 is 10.0 Å². The zero-order valence-electron chi connectivity index (χ0n) is 16.7. The summed E-state index contributed by atoms with van der Waals surface area (Å²) in [6, 6.07) is 13.9. The van der Waals surface area contributed by atoms with Crippen LogP contribution in [0.2, 0.25) is 0 Å². The van der Waals surface area contributed by atoms with Crippen LogP contribution in [-0.4, -0.2) is 48.8 Å². The highest BCUT2D eigenvalue weighted by molar-refractivity contribution is 7.89. The standard InChI is InChI=1S/C22H27N3O2S/c1-16-8-9-22(17(2)14-16)28(26,27)25-12-10-24(11-13-25)15-20-18(3)23-21-7-5-4-6-19(20)21/h4-9,14,23H,10-13,15H2,1-3H3. The molecule has 28 heavy (non-hydrogen) atoms. The number of sulfonamides is 1. The van der Waals surface area contributed by atoms with Crippen molar-refractivity contribution in [2.45, 2.75) is 32.2 Å². The molecule has 1 aliphatic rings. The van der Waals surface area contributed by atoms with Crippen LogP contribution in [0.25, 0.3) is 10.9 Å². The fourth-order valence-electron chi connectivity index (χ4n) is 4.12. The molecule has 2 aromatic carbocycles. The van der Waals surface area contributed by atoms with E-state index in [9.17, 15) is 8.42 Å². The van der Waals surface area contributed by atoms with Crippen molar-refractivity contribution in [2.75, 3.05) is 26.2 Å². The molecule has 5 nitrogen and oxygen atoms in total.